The molecule has 2 heterocycles. The van der Waals surface area contributed by atoms with Crippen molar-refractivity contribution in [3.05, 3.63) is 16.1 Å². The second kappa shape index (κ2) is 4.31. The highest BCUT2D eigenvalue weighted by Crippen LogP contribution is 2.19. The van der Waals surface area contributed by atoms with Crippen molar-refractivity contribution in [2.45, 2.75) is 26.7 Å². The minimum atomic E-state index is 0.111. The first-order valence-corrected chi connectivity index (χ1v) is 6.26. The van der Waals surface area contributed by atoms with E-state index < -0.39 is 0 Å². The van der Waals surface area contributed by atoms with Gasteiger partial charge in [0.1, 0.15) is 5.69 Å². The Morgan fingerprint density at radius 2 is 2.47 bits per heavy atom. The summed E-state index contributed by atoms with van der Waals surface area (Å²) in [6.45, 7) is 5.93. The SMILES string of the molecule is Cc1scnc1C(=O)N1CCCC(C)C1. The highest BCUT2D eigenvalue weighted by Gasteiger charge is 2.24. The zero-order chi connectivity index (χ0) is 10.8. The summed E-state index contributed by atoms with van der Waals surface area (Å²) in [7, 11) is 0. The first kappa shape index (κ1) is 10.6. The third-order valence-electron chi connectivity index (χ3n) is 2.89. The summed E-state index contributed by atoms with van der Waals surface area (Å²) >= 11 is 1.54. The molecule has 0 spiro atoms. The molecule has 1 atom stereocenters. The molecule has 2 rings (SSSR count). The molecule has 1 aliphatic heterocycles. The molecule has 82 valence electrons. The van der Waals surface area contributed by atoms with E-state index in [-0.39, 0.29) is 5.91 Å². The highest BCUT2D eigenvalue weighted by molar-refractivity contribution is 7.09. The molecule has 1 aromatic heterocycles. The smallest absolute Gasteiger partial charge is 0.273 e. The minimum absolute atomic E-state index is 0.111. The van der Waals surface area contributed by atoms with E-state index in [9.17, 15) is 4.79 Å². The Bertz CT molecular complexity index is 361. The van der Waals surface area contributed by atoms with E-state index in [0.717, 1.165) is 24.4 Å². The minimum Gasteiger partial charge on any atom is -0.337 e. The number of aromatic nitrogens is 1. The highest BCUT2D eigenvalue weighted by atomic mass is 32.1. The Morgan fingerprint density at radius 1 is 1.67 bits per heavy atom. The standard InChI is InChI=1S/C11H16N2OS/c1-8-4-3-5-13(6-8)11(14)10-9(2)15-7-12-10/h7-8H,3-6H2,1-2H3. The summed E-state index contributed by atoms with van der Waals surface area (Å²) in [5, 5.41) is 0. The zero-order valence-corrected chi connectivity index (χ0v) is 10.0. The van der Waals surface area contributed by atoms with Crippen molar-refractivity contribution >= 4 is 17.2 Å². The number of nitrogens with zero attached hydrogens (tertiary/aromatic N) is 2. The quantitative estimate of drug-likeness (QED) is 0.733. The van der Waals surface area contributed by atoms with Crippen LogP contribution in [0.3, 0.4) is 0 Å². The zero-order valence-electron chi connectivity index (χ0n) is 9.19. The molecule has 3 nitrogen and oxygen atoms in total. The Balaban J connectivity index is 2.11. The number of hydrogen-bond acceptors (Lipinski definition) is 3. The molecule has 0 aliphatic carbocycles. The van der Waals surface area contributed by atoms with Gasteiger partial charge < -0.3 is 4.90 Å². The van der Waals surface area contributed by atoms with Gasteiger partial charge in [0, 0.05) is 18.0 Å². The van der Waals surface area contributed by atoms with Gasteiger partial charge in [-0.2, -0.15) is 0 Å². The van der Waals surface area contributed by atoms with Gasteiger partial charge in [-0.1, -0.05) is 6.92 Å². The largest absolute Gasteiger partial charge is 0.337 e. The molecule has 1 aliphatic rings. The van der Waals surface area contributed by atoms with Crippen molar-refractivity contribution in [1.29, 1.82) is 0 Å². The van der Waals surface area contributed by atoms with Crippen LogP contribution < -0.4 is 0 Å². The summed E-state index contributed by atoms with van der Waals surface area (Å²) in [5.74, 6) is 0.738. The van der Waals surface area contributed by atoms with Crippen molar-refractivity contribution in [2.24, 2.45) is 5.92 Å². The lowest BCUT2D eigenvalue weighted by Crippen LogP contribution is -2.39. The fourth-order valence-electron chi connectivity index (χ4n) is 2.03. The number of rotatable bonds is 1. The third kappa shape index (κ3) is 2.20. The van der Waals surface area contributed by atoms with Gasteiger partial charge in [-0.25, -0.2) is 4.98 Å². The van der Waals surface area contributed by atoms with E-state index in [2.05, 4.69) is 11.9 Å². The summed E-state index contributed by atoms with van der Waals surface area (Å²) in [5.41, 5.74) is 2.39. The van der Waals surface area contributed by atoms with Crippen LogP contribution >= 0.6 is 11.3 Å². The number of aryl methyl sites for hydroxylation is 1. The summed E-state index contributed by atoms with van der Waals surface area (Å²) in [4.78, 5) is 19.2. The maximum atomic E-state index is 12.1. The summed E-state index contributed by atoms with van der Waals surface area (Å²) in [6, 6.07) is 0. The molecular weight excluding hydrogens is 208 g/mol. The Labute approximate surface area is 94.1 Å². The van der Waals surface area contributed by atoms with Crippen molar-refractivity contribution < 1.29 is 4.79 Å². The second-order valence-corrected chi connectivity index (χ2v) is 5.31. The number of amides is 1. The monoisotopic (exact) mass is 224 g/mol. The molecule has 0 aromatic carbocycles. The third-order valence-corrected chi connectivity index (χ3v) is 3.65. The average Bonchev–Trinajstić information content (AvgIpc) is 2.63. The topological polar surface area (TPSA) is 33.2 Å². The van der Waals surface area contributed by atoms with Crippen LogP contribution in [0.4, 0.5) is 0 Å². The maximum absolute atomic E-state index is 12.1. The van der Waals surface area contributed by atoms with Gasteiger partial charge in [0.25, 0.3) is 5.91 Å². The molecule has 1 saturated heterocycles. The molecule has 1 aromatic rings. The Kier molecular flexibility index (Phi) is 3.05. The molecule has 0 radical (unpaired) electrons. The van der Waals surface area contributed by atoms with Gasteiger partial charge in [0.15, 0.2) is 0 Å². The lowest BCUT2D eigenvalue weighted by atomic mass is 10.00. The molecule has 0 saturated carbocycles. The van der Waals surface area contributed by atoms with Crippen molar-refractivity contribution in [1.82, 2.24) is 9.88 Å². The van der Waals surface area contributed by atoms with E-state index in [1.807, 2.05) is 11.8 Å². The molecule has 4 heteroatoms. The fourth-order valence-corrected chi connectivity index (χ4v) is 2.60. The molecule has 0 bridgehead atoms. The number of piperidine rings is 1. The van der Waals surface area contributed by atoms with E-state index in [4.69, 9.17) is 0 Å². The van der Waals surface area contributed by atoms with E-state index in [1.54, 1.807) is 5.51 Å². The van der Waals surface area contributed by atoms with Gasteiger partial charge in [0.05, 0.1) is 5.51 Å². The summed E-state index contributed by atoms with van der Waals surface area (Å²) in [6.07, 6.45) is 2.36. The number of carbonyl (C=O) groups is 1. The predicted molar refractivity (Wildman–Crippen MR) is 61.2 cm³/mol. The molecular formula is C11H16N2OS. The van der Waals surface area contributed by atoms with Crippen LogP contribution in [-0.4, -0.2) is 28.9 Å². The predicted octanol–water partition coefficient (Wildman–Crippen LogP) is 2.32. The van der Waals surface area contributed by atoms with Crippen LogP contribution in [0.5, 0.6) is 0 Å². The van der Waals surface area contributed by atoms with Crippen LogP contribution in [0.1, 0.15) is 35.1 Å². The van der Waals surface area contributed by atoms with E-state index in [1.165, 1.54) is 17.8 Å². The molecule has 0 N–H and O–H groups in total. The molecule has 15 heavy (non-hydrogen) atoms. The van der Waals surface area contributed by atoms with E-state index >= 15 is 0 Å². The number of hydrogen-bond donors (Lipinski definition) is 0. The number of likely N-dealkylation sites (tertiary alicyclic amines) is 1. The first-order chi connectivity index (χ1) is 7.18. The van der Waals surface area contributed by atoms with Crippen LogP contribution in [0.15, 0.2) is 5.51 Å². The van der Waals surface area contributed by atoms with Crippen molar-refractivity contribution in [2.75, 3.05) is 13.1 Å². The van der Waals surface area contributed by atoms with Crippen LogP contribution in [0.25, 0.3) is 0 Å². The Morgan fingerprint density at radius 3 is 3.07 bits per heavy atom. The van der Waals surface area contributed by atoms with Gasteiger partial charge in [-0.15, -0.1) is 11.3 Å². The maximum Gasteiger partial charge on any atom is 0.273 e. The normalized spacial score (nSPS) is 21.7. The number of thiazole rings is 1. The van der Waals surface area contributed by atoms with Crippen LogP contribution in [0.2, 0.25) is 0 Å². The lowest BCUT2D eigenvalue weighted by molar-refractivity contribution is 0.0677. The second-order valence-electron chi connectivity index (χ2n) is 4.26. The van der Waals surface area contributed by atoms with Gasteiger partial charge >= 0.3 is 0 Å². The van der Waals surface area contributed by atoms with E-state index in [0.29, 0.717) is 11.6 Å². The average molecular weight is 224 g/mol. The molecule has 1 fully saturated rings. The van der Waals surface area contributed by atoms with Crippen molar-refractivity contribution in [3.63, 3.8) is 0 Å². The lowest BCUT2D eigenvalue weighted by Gasteiger charge is -2.30. The number of carbonyl (C=O) groups excluding carboxylic acids is 1. The fraction of sp³-hybridized carbons (Fsp3) is 0.636. The summed E-state index contributed by atoms with van der Waals surface area (Å²) < 4.78 is 0. The van der Waals surface area contributed by atoms with Crippen molar-refractivity contribution in [3.8, 4) is 0 Å². The molecule has 1 amide bonds. The van der Waals surface area contributed by atoms with Gasteiger partial charge in [0.2, 0.25) is 0 Å². The Hall–Kier alpha value is -0.900. The van der Waals surface area contributed by atoms with Crippen LogP contribution in [0, 0.1) is 12.8 Å². The van der Waals surface area contributed by atoms with Gasteiger partial charge in [-0.05, 0) is 25.7 Å². The van der Waals surface area contributed by atoms with Gasteiger partial charge in [-0.3, -0.25) is 4.79 Å². The first-order valence-electron chi connectivity index (χ1n) is 5.38. The van der Waals surface area contributed by atoms with Crippen LogP contribution in [-0.2, 0) is 0 Å². The molecule has 1 unspecified atom stereocenters.